The number of nitrogens with zero attached hydrogens (tertiary/aromatic N) is 2. The normalized spacial score (nSPS) is 12.4. The second-order valence-electron chi connectivity index (χ2n) is 4.21. The second kappa shape index (κ2) is 6.01. The van der Waals surface area contributed by atoms with Crippen LogP contribution in [0.2, 0.25) is 5.02 Å². The van der Waals surface area contributed by atoms with Gasteiger partial charge in [-0.25, -0.2) is 4.98 Å². The molecule has 106 valence electrons. The molecule has 1 N–H and O–H groups in total. The Labute approximate surface area is 133 Å². The fourth-order valence-corrected chi connectivity index (χ4v) is 4.17. The minimum atomic E-state index is -0.900. The number of pyridine rings is 1. The van der Waals surface area contributed by atoms with Gasteiger partial charge in [0.25, 0.3) is 0 Å². The molecule has 7 heteroatoms. The first kappa shape index (κ1) is 14.3. The Hall–Kier alpha value is -1.63. The average Bonchev–Trinajstić information content (AvgIpc) is 2.87. The van der Waals surface area contributed by atoms with E-state index in [1.807, 2.05) is 6.07 Å². The van der Waals surface area contributed by atoms with E-state index in [0.717, 1.165) is 10.2 Å². The molecule has 2 aromatic heterocycles. The van der Waals surface area contributed by atoms with Crippen LogP contribution in [0, 0.1) is 0 Å². The Morgan fingerprint density at radius 2 is 2.05 bits per heavy atom. The van der Waals surface area contributed by atoms with Gasteiger partial charge in [0.15, 0.2) is 4.34 Å². The fraction of sp³-hybridized carbons (Fsp3) is 0.0714. The molecule has 2 heterocycles. The lowest BCUT2D eigenvalue weighted by Crippen LogP contribution is -2.07. The fourth-order valence-electron chi connectivity index (χ4n) is 1.83. The summed E-state index contributed by atoms with van der Waals surface area (Å²) < 4.78 is 1.69. The maximum atomic E-state index is 11.5. The molecule has 0 aliphatic rings. The molecule has 0 aliphatic heterocycles. The Kier molecular flexibility index (Phi) is 4.10. The minimum absolute atomic E-state index is 0.619. The molecule has 1 atom stereocenters. The van der Waals surface area contributed by atoms with Crippen molar-refractivity contribution >= 4 is 50.9 Å². The summed E-state index contributed by atoms with van der Waals surface area (Å²) in [4.78, 5) is 19.8. The van der Waals surface area contributed by atoms with E-state index in [9.17, 15) is 9.90 Å². The lowest BCUT2D eigenvalue weighted by atomic mass is 10.2. The summed E-state index contributed by atoms with van der Waals surface area (Å²) in [7, 11) is 0. The highest BCUT2D eigenvalue weighted by Crippen LogP contribution is 2.39. The predicted octanol–water partition coefficient (Wildman–Crippen LogP) is 4.26. The number of hydrogen-bond donors (Lipinski definition) is 1. The molecule has 0 aliphatic carbocycles. The van der Waals surface area contributed by atoms with Gasteiger partial charge in [-0.15, -0.1) is 11.3 Å². The van der Waals surface area contributed by atoms with Gasteiger partial charge < -0.3 is 5.11 Å². The smallest absolute Gasteiger partial charge is 0.321 e. The van der Waals surface area contributed by atoms with Crippen LogP contribution in [0.25, 0.3) is 10.2 Å². The SMILES string of the molecule is O=C(O)C(Sc1nc2cc(Cl)ccc2s1)c1ccncc1. The zero-order valence-electron chi connectivity index (χ0n) is 10.6. The van der Waals surface area contributed by atoms with E-state index in [0.29, 0.717) is 14.9 Å². The Morgan fingerprint density at radius 1 is 1.29 bits per heavy atom. The Balaban J connectivity index is 1.93. The third-order valence-electron chi connectivity index (χ3n) is 2.78. The molecule has 0 radical (unpaired) electrons. The number of hydrogen-bond acceptors (Lipinski definition) is 5. The maximum Gasteiger partial charge on any atom is 0.321 e. The summed E-state index contributed by atoms with van der Waals surface area (Å²) in [6, 6.07) is 8.88. The van der Waals surface area contributed by atoms with E-state index >= 15 is 0 Å². The highest BCUT2D eigenvalue weighted by atomic mass is 35.5. The lowest BCUT2D eigenvalue weighted by molar-refractivity contribution is -0.136. The molecular formula is C14H9ClN2O2S2. The summed E-state index contributed by atoms with van der Waals surface area (Å²) in [5, 5.41) is 9.34. The average molecular weight is 337 g/mol. The number of thioether (sulfide) groups is 1. The number of carbonyl (C=O) groups is 1. The van der Waals surface area contributed by atoms with Crippen molar-refractivity contribution in [2.45, 2.75) is 9.59 Å². The van der Waals surface area contributed by atoms with Gasteiger partial charge in [0.2, 0.25) is 0 Å². The molecule has 3 aromatic rings. The van der Waals surface area contributed by atoms with E-state index < -0.39 is 11.2 Å². The molecule has 3 rings (SSSR count). The van der Waals surface area contributed by atoms with Crippen LogP contribution in [0.15, 0.2) is 47.1 Å². The van der Waals surface area contributed by atoms with Crippen molar-refractivity contribution in [1.82, 2.24) is 9.97 Å². The first-order valence-electron chi connectivity index (χ1n) is 5.99. The number of rotatable bonds is 4. The number of benzene rings is 1. The molecule has 0 fully saturated rings. The molecule has 0 amide bonds. The van der Waals surface area contributed by atoms with Gasteiger partial charge in [-0.1, -0.05) is 23.4 Å². The number of carboxylic acids is 1. The number of aliphatic carboxylic acids is 1. The maximum absolute atomic E-state index is 11.5. The van der Waals surface area contributed by atoms with Crippen molar-refractivity contribution in [3.05, 3.63) is 53.3 Å². The van der Waals surface area contributed by atoms with Crippen molar-refractivity contribution in [2.24, 2.45) is 0 Å². The molecule has 0 saturated heterocycles. The molecule has 21 heavy (non-hydrogen) atoms. The van der Waals surface area contributed by atoms with Gasteiger partial charge in [0.05, 0.1) is 10.2 Å². The van der Waals surface area contributed by atoms with E-state index in [-0.39, 0.29) is 0 Å². The molecule has 0 saturated carbocycles. The summed E-state index contributed by atoms with van der Waals surface area (Å²) in [6.45, 7) is 0. The summed E-state index contributed by atoms with van der Waals surface area (Å²) in [6.07, 6.45) is 3.17. The van der Waals surface area contributed by atoms with Crippen molar-refractivity contribution in [1.29, 1.82) is 0 Å². The topological polar surface area (TPSA) is 63.1 Å². The number of thiazole rings is 1. The van der Waals surface area contributed by atoms with Gasteiger partial charge in [0, 0.05) is 17.4 Å². The third-order valence-corrected chi connectivity index (χ3v) is 5.39. The van der Waals surface area contributed by atoms with Crippen molar-refractivity contribution < 1.29 is 9.90 Å². The largest absolute Gasteiger partial charge is 0.480 e. The molecule has 0 spiro atoms. The number of fused-ring (bicyclic) bond motifs is 1. The summed E-state index contributed by atoms with van der Waals surface area (Å²) in [5.74, 6) is -0.900. The summed E-state index contributed by atoms with van der Waals surface area (Å²) >= 11 is 8.62. The van der Waals surface area contributed by atoms with Crippen LogP contribution in [-0.4, -0.2) is 21.0 Å². The highest BCUT2D eigenvalue weighted by molar-refractivity contribution is 8.02. The Morgan fingerprint density at radius 3 is 2.76 bits per heavy atom. The molecule has 1 unspecified atom stereocenters. The number of aromatic nitrogens is 2. The third kappa shape index (κ3) is 3.18. The van der Waals surface area contributed by atoms with Gasteiger partial charge in [-0.05, 0) is 35.9 Å². The van der Waals surface area contributed by atoms with Crippen LogP contribution in [0.1, 0.15) is 10.8 Å². The van der Waals surface area contributed by atoms with Crippen LogP contribution < -0.4 is 0 Å². The van der Waals surface area contributed by atoms with E-state index in [1.54, 1.807) is 36.7 Å². The van der Waals surface area contributed by atoms with Gasteiger partial charge in [0.1, 0.15) is 5.25 Å². The zero-order chi connectivity index (χ0) is 14.8. The van der Waals surface area contributed by atoms with Gasteiger partial charge in [-0.3, -0.25) is 9.78 Å². The first-order chi connectivity index (χ1) is 10.1. The lowest BCUT2D eigenvalue weighted by Gasteiger charge is -2.09. The first-order valence-corrected chi connectivity index (χ1v) is 8.06. The monoisotopic (exact) mass is 336 g/mol. The quantitative estimate of drug-likeness (QED) is 0.721. The number of halogens is 1. The molecule has 1 aromatic carbocycles. The van der Waals surface area contributed by atoms with Crippen LogP contribution in [0.3, 0.4) is 0 Å². The van der Waals surface area contributed by atoms with Crippen LogP contribution in [-0.2, 0) is 4.79 Å². The van der Waals surface area contributed by atoms with Crippen molar-refractivity contribution in [3.8, 4) is 0 Å². The molecule has 0 bridgehead atoms. The molecule has 4 nitrogen and oxygen atoms in total. The van der Waals surface area contributed by atoms with E-state index in [1.165, 1.54) is 23.1 Å². The second-order valence-corrected chi connectivity index (χ2v) is 7.03. The molecular weight excluding hydrogens is 328 g/mol. The minimum Gasteiger partial charge on any atom is -0.480 e. The highest BCUT2D eigenvalue weighted by Gasteiger charge is 2.23. The standard InChI is InChI=1S/C14H9ClN2O2S2/c15-9-1-2-11-10(7-9)17-14(20-11)21-12(13(18)19)8-3-5-16-6-4-8/h1-7,12H,(H,18,19). The van der Waals surface area contributed by atoms with Gasteiger partial charge in [-0.2, -0.15) is 0 Å². The van der Waals surface area contributed by atoms with Gasteiger partial charge >= 0.3 is 5.97 Å². The van der Waals surface area contributed by atoms with E-state index in [4.69, 9.17) is 11.6 Å². The van der Waals surface area contributed by atoms with Crippen molar-refractivity contribution in [2.75, 3.05) is 0 Å². The van der Waals surface area contributed by atoms with Crippen LogP contribution in [0.4, 0.5) is 0 Å². The van der Waals surface area contributed by atoms with Crippen molar-refractivity contribution in [3.63, 3.8) is 0 Å². The predicted molar refractivity (Wildman–Crippen MR) is 85.1 cm³/mol. The number of carboxylic acid groups (broad SMARTS) is 1. The van der Waals surface area contributed by atoms with E-state index in [2.05, 4.69) is 9.97 Å². The zero-order valence-corrected chi connectivity index (χ0v) is 13.0. The van der Waals surface area contributed by atoms with Crippen LogP contribution in [0.5, 0.6) is 0 Å². The Bertz CT molecular complexity index is 792. The van der Waals surface area contributed by atoms with Crippen LogP contribution >= 0.6 is 34.7 Å². The summed E-state index contributed by atoms with van der Waals surface area (Å²) in [5.41, 5.74) is 1.48.